The summed E-state index contributed by atoms with van der Waals surface area (Å²) in [7, 11) is 1.72. The molecule has 0 heterocycles. The van der Waals surface area contributed by atoms with Gasteiger partial charge in [-0.2, -0.15) is 0 Å². The van der Waals surface area contributed by atoms with E-state index in [2.05, 4.69) is 31.2 Å². The molecule has 0 saturated carbocycles. The minimum Gasteiger partial charge on any atom is -0.380 e. The lowest BCUT2D eigenvalue weighted by Gasteiger charge is -2.02. The van der Waals surface area contributed by atoms with Crippen LogP contribution in [0, 0.1) is 0 Å². The van der Waals surface area contributed by atoms with Crippen molar-refractivity contribution in [2.24, 2.45) is 0 Å². The van der Waals surface area contributed by atoms with Crippen LogP contribution in [0.1, 0.15) is 18.9 Å². The molecule has 0 radical (unpaired) electrons. The van der Waals surface area contributed by atoms with Crippen molar-refractivity contribution in [3.8, 4) is 0 Å². The summed E-state index contributed by atoms with van der Waals surface area (Å²) in [5.41, 5.74) is 1.24. The van der Waals surface area contributed by atoms with Gasteiger partial charge >= 0.3 is 0 Å². The normalized spacial score (nSPS) is 10.3. The summed E-state index contributed by atoms with van der Waals surface area (Å²) < 4.78 is 5.04. The molecule has 0 aliphatic rings. The first-order valence-electron chi connectivity index (χ1n) is 4.57. The number of rotatable bonds is 5. The predicted octanol–water partition coefficient (Wildman–Crippen LogP) is 3.34. The second-order valence-corrected chi connectivity index (χ2v) is 4.09. The molecule has 0 spiro atoms. The Kier molecular flexibility index (Phi) is 4.94. The molecule has 0 aliphatic heterocycles. The molecule has 1 aromatic rings. The van der Waals surface area contributed by atoms with Crippen LogP contribution in [0.15, 0.2) is 29.2 Å². The molecular weight excluding hydrogens is 180 g/mol. The third kappa shape index (κ3) is 3.83. The average Bonchev–Trinajstić information content (AvgIpc) is 2.17. The molecule has 13 heavy (non-hydrogen) atoms. The molecule has 0 fully saturated rings. The van der Waals surface area contributed by atoms with Crippen LogP contribution in [0.25, 0.3) is 0 Å². The highest BCUT2D eigenvalue weighted by molar-refractivity contribution is 7.99. The summed E-state index contributed by atoms with van der Waals surface area (Å²) in [5.74, 6) is 1.20. The summed E-state index contributed by atoms with van der Waals surface area (Å²) in [6.07, 6.45) is 1.23. The molecule has 0 saturated heterocycles. The van der Waals surface area contributed by atoms with E-state index in [9.17, 15) is 0 Å². The molecule has 72 valence electrons. The Bertz CT molecular complexity index is 230. The van der Waals surface area contributed by atoms with Crippen molar-refractivity contribution in [3.05, 3.63) is 29.8 Å². The predicted molar refractivity (Wildman–Crippen MR) is 58.2 cm³/mol. The lowest BCUT2D eigenvalue weighted by Crippen LogP contribution is -1.86. The van der Waals surface area contributed by atoms with Crippen LogP contribution in [0.3, 0.4) is 0 Å². The van der Waals surface area contributed by atoms with Gasteiger partial charge in [0.2, 0.25) is 0 Å². The number of thioether (sulfide) groups is 1. The molecule has 1 aromatic carbocycles. The molecule has 0 aliphatic carbocycles. The molecule has 1 nitrogen and oxygen atoms in total. The van der Waals surface area contributed by atoms with Crippen molar-refractivity contribution >= 4 is 11.8 Å². The minimum atomic E-state index is 0.707. The van der Waals surface area contributed by atoms with Gasteiger partial charge in [0.15, 0.2) is 0 Å². The first kappa shape index (κ1) is 10.6. The van der Waals surface area contributed by atoms with E-state index < -0.39 is 0 Å². The van der Waals surface area contributed by atoms with Gasteiger partial charge in [0.05, 0.1) is 6.61 Å². The van der Waals surface area contributed by atoms with Gasteiger partial charge in [-0.3, -0.25) is 0 Å². The number of benzene rings is 1. The largest absolute Gasteiger partial charge is 0.380 e. The van der Waals surface area contributed by atoms with E-state index in [4.69, 9.17) is 4.74 Å². The zero-order valence-corrected chi connectivity index (χ0v) is 9.06. The van der Waals surface area contributed by atoms with Gasteiger partial charge in [-0.15, -0.1) is 11.8 Å². The molecular formula is C11H16OS. The zero-order chi connectivity index (χ0) is 9.52. The molecule has 2 heteroatoms. The molecule has 1 rings (SSSR count). The fourth-order valence-electron chi connectivity index (χ4n) is 1.07. The van der Waals surface area contributed by atoms with E-state index >= 15 is 0 Å². The van der Waals surface area contributed by atoms with Crippen molar-refractivity contribution in [1.29, 1.82) is 0 Å². The maximum absolute atomic E-state index is 5.04. The van der Waals surface area contributed by atoms with Gasteiger partial charge in [0.25, 0.3) is 0 Å². The lowest BCUT2D eigenvalue weighted by atomic mass is 10.2. The van der Waals surface area contributed by atoms with E-state index in [0.29, 0.717) is 6.61 Å². The number of hydrogen-bond acceptors (Lipinski definition) is 2. The zero-order valence-electron chi connectivity index (χ0n) is 8.25. The molecule has 0 unspecified atom stereocenters. The van der Waals surface area contributed by atoms with Crippen molar-refractivity contribution in [2.45, 2.75) is 24.8 Å². The van der Waals surface area contributed by atoms with E-state index in [1.807, 2.05) is 11.8 Å². The topological polar surface area (TPSA) is 9.23 Å². The monoisotopic (exact) mass is 196 g/mol. The van der Waals surface area contributed by atoms with Gasteiger partial charge in [-0.25, -0.2) is 0 Å². The fourth-order valence-corrected chi connectivity index (χ4v) is 1.84. The Morgan fingerprint density at radius 1 is 1.23 bits per heavy atom. The van der Waals surface area contributed by atoms with Gasteiger partial charge in [0.1, 0.15) is 0 Å². The van der Waals surface area contributed by atoms with Gasteiger partial charge in [-0.1, -0.05) is 19.1 Å². The van der Waals surface area contributed by atoms with Gasteiger partial charge in [0, 0.05) is 12.0 Å². The Hall–Kier alpha value is -0.470. The first-order valence-corrected chi connectivity index (χ1v) is 5.56. The number of methoxy groups -OCH3 is 1. The minimum absolute atomic E-state index is 0.707. The van der Waals surface area contributed by atoms with Crippen LogP contribution >= 0.6 is 11.8 Å². The summed E-state index contributed by atoms with van der Waals surface area (Å²) in [6.45, 7) is 2.91. The first-order chi connectivity index (χ1) is 6.36. The third-order valence-electron chi connectivity index (χ3n) is 1.71. The van der Waals surface area contributed by atoms with E-state index in [-0.39, 0.29) is 0 Å². The van der Waals surface area contributed by atoms with Crippen molar-refractivity contribution in [1.82, 2.24) is 0 Å². The van der Waals surface area contributed by atoms with Gasteiger partial charge in [-0.05, 0) is 29.9 Å². The Morgan fingerprint density at radius 3 is 2.46 bits per heavy atom. The van der Waals surface area contributed by atoms with Crippen molar-refractivity contribution < 1.29 is 4.74 Å². The molecule has 0 atom stereocenters. The van der Waals surface area contributed by atoms with Crippen LogP contribution in [0.2, 0.25) is 0 Å². The third-order valence-corrected chi connectivity index (χ3v) is 2.93. The van der Waals surface area contributed by atoms with Crippen molar-refractivity contribution in [3.63, 3.8) is 0 Å². The van der Waals surface area contributed by atoms with Crippen LogP contribution in [0.5, 0.6) is 0 Å². The second kappa shape index (κ2) is 6.06. The SMILES string of the molecule is CCCSc1ccc(COC)cc1. The standard InChI is InChI=1S/C11H16OS/c1-3-8-13-11-6-4-10(5-7-11)9-12-2/h4-7H,3,8-9H2,1-2H3. The van der Waals surface area contributed by atoms with Crippen LogP contribution in [0.4, 0.5) is 0 Å². The molecule has 0 aromatic heterocycles. The molecule has 0 bridgehead atoms. The number of hydrogen-bond donors (Lipinski definition) is 0. The highest BCUT2D eigenvalue weighted by Gasteiger charge is 1.94. The average molecular weight is 196 g/mol. The number of ether oxygens (including phenoxy) is 1. The molecule has 0 N–H and O–H groups in total. The van der Waals surface area contributed by atoms with E-state index in [1.165, 1.54) is 22.6 Å². The summed E-state index contributed by atoms with van der Waals surface area (Å²) in [6, 6.07) is 8.58. The smallest absolute Gasteiger partial charge is 0.0713 e. The summed E-state index contributed by atoms with van der Waals surface area (Å²) in [4.78, 5) is 1.35. The lowest BCUT2D eigenvalue weighted by molar-refractivity contribution is 0.185. The Balaban J connectivity index is 2.48. The second-order valence-electron chi connectivity index (χ2n) is 2.93. The fraction of sp³-hybridized carbons (Fsp3) is 0.455. The van der Waals surface area contributed by atoms with Crippen LogP contribution in [-0.2, 0) is 11.3 Å². The Morgan fingerprint density at radius 2 is 1.92 bits per heavy atom. The van der Waals surface area contributed by atoms with E-state index in [0.717, 1.165) is 0 Å². The summed E-state index contributed by atoms with van der Waals surface area (Å²) in [5, 5.41) is 0. The molecule has 0 amide bonds. The quantitative estimate of drug-likeness (QED) is 0.668. The van der Waals surface area contributed by atoms with Crippen LogP contribution < -0.4 is 0 Å². The summed E-state index contributed by atoms with van der Waals surface area (Å²) >= 11 is 1.91. The maximum atomic E-state index is 5.04. The maximum Gasteiger partial charge on any atom is 0.0713 e. The highest BCUT2D eigenvalue weighted by atomic mass is 32.2. The van der Waals surface area contributed by atoms with E-state index in [1.54, 1.807) is 7.11 Å². The van der Waals surface area contributed by atoms with Crippen LogP contribution in [-0.4, -0.2) is 12.9 Å². The highest BCUT2D eigenvalue weighted by Crippen LogP contribution is 2.19. The Labute approximate surface area is 84.5 Å². The van der Waals surface area contributed by atoms with Crippen molar-refractivity contribution in [2.75, 3.05) is 12.9 Å². The van der Waals surface area contributed by atoms with Gasteiger partial charge < -0.3 is 4.74 Å².